The first kappa shape index (κ1) is 14.1. The summed E-state index contributed by atoms with van der Waals surface area (Å²) in [5.74, 6) is 1.72. The third kappa shape index (κ3) is 2.68. The number of fused-ring (bicyclic) bond motifs is 1. The third-order valence-corrected chi connectivity index (χ3v) is 3.71. The van der Waals surface area contributed by atoms with Crippen LogP contribution in [0.3, 0.4) is 0 Å². The van der Waals surface area contributed by atoms with Gasteiger partial charge in [-0.15, -0.1) is 0 Å². The summed E-state index contributed by atoms with van der Waals surface area (Å²) in [7, 11) is 3.93. The first-order chi connectivity index (χ1) is 9.94. The Bertz CT molecular complexity index is 641. The largest absolute Gasteiger partial charge is 0.372 e. The number of ether oxygens (including phenoxy) is 1. The van der Waals surface area contributed by atoms with Gasteiger partial charge in [-0.05, 0) is 26.8 Å². The van der Waals surface area contributed by atoms with E-state index in [9.17, 15) is 0 Å². The summed E-state index contributed by atoms with van der Waals surface area (Å²) >= 11 is 0. The molecule has 0 amide bonds. The lowest BCUT2D eigenvalue weighted by Gasteiger charge is -2.36. The minimum Gasteiger partial charge on any atom is -0.372 e. The highest BCUT2D eigenvalue weighted by Crippen LogP contribution is 2.29. The number of nitrogens with zero attached hydrogens (tertiary/aromatic N) is 4. The fraction of sp³-hybridized carbons (Fsp3) is 0.600. The van der Waals surface area contributed by atoms with Gasteiger partial charge < -0.3 is 19.5 Å². The monoisotopic (exact) mass is 289 g/mol. The molecule has 0 aliphatic carbocycles. The van der Waals surface area contributed by atoms with Crippen molar-refractivity contribution in [1.29, 1.82) is 0 Å². The van der Waals surface area contributed by atoms with Gasteiger partial charge in [-0.1, -0.05) is 0 Å². The van der Waals surface area contributed by atoms with Crippen LogP contribution in [0.4, 0.5) is 11.8 Å². The summed E-state index contributed by atoms with van der Waals surface area (Å²) in [6, 6.07) is 2.12. The number of aryl methyl sites for hydroxylation is 1. The molecule has 0 radical (unpaired) electrons. The van der Waals surface area contributed by atoms with Crippen LogP contribution in [0.1, 0.15) is 19.5 Å². The van der Waals surface area contributed by atoms with Crippen molar-refractivity contribution in [2.45, 2.75) is 33.0 Å². The van der Waals surface area contributed by atoms with Crippen molar-refractivity contribution < 1.29 is 4.74 Å². The van der Waals surface area contributed by atoms with Crippen LogP contribution >= 0.6 is 0 Å². The topological polar surface area (TPSA) is 57.3 Å². The van der Waals surface area contributed by atoms with Crippen molar-refractivity contribution in [3.63, 3.8) is 0 Å². The lowest BCUT2D eigenvalue weighted by molar-refractivity contribution is -0.00536. The normalized spacial score (nSPS) is 22.8. The Morgan fingerprint density at radius 2 is 1.90 bits per heavy atom. The molecule has 1 N–H and O–H groups in total. The molecule has 0 saturated carbocycles. The number of H-pyrrole nitrogens is 1. The Morgan fingerprint density at radius 1 is 1.24 bits per heavy atom. The molecule has 2 atom stereocenters. The second-order valence-electron chi connectivity index (χ2n) is 6.12. The number of nitrogens with one attached hydrogen (secondary N) is 1. The van der Waals surface area contributed by atoms with Gasteiger partial charge in [0.05, 0.1) is 17.6 Å². The van der Waals surface area contributed by atoms with Gasteiger partial charge in [-0.2, -0.15) is 9.97 Å². The number of aromatic nitrogens is 3. The third-order valence-electron chi connectivity index (χ3n) is 3.71. The van der Waals surface area contributed by atoms with Crippen LogP contribution in [-0.2, 0) is 4.74 Å². The zero-order valence-electron chi connectivity index (χ0n) is 13.3. The Balaban J connectivity index is 2.10. The van der Waals surface area contributed by atoms with Crippen molar-refractivity contribution >= 4 is 22.8 Å². The Kier molecular flexibility index (Phi) is 3.49. The summed E-state index contributed by atoms with van der Waals surface area (Å²) in [5, 5.41) is 1.08. The van der Waals surface area contributed by atoms with E-state index in [1.54, 1.807) is 0 Å². The summed E-state index contributed by atoms with van der Waals surface area (Å²) < 4.78 is 5.83. The van der Waals surface area contributed by atoms with E-state index in [0.717, 1.165) is 41.6 Å². The number of morpholine rings is 1. The maximum absolute atomic E-state index is 5.83. The molecule has 0 aromatic carbocycles. The number of anilines is 2. The van der Waals surface area contributed by atoms with E-state index in [-0.39, 0.29) is 12.2 Å². The molecular formula is C15H23N5O. The number of hydrogen-bond acceptors (Lipinski definition) is 5. The van der Waals surface area contributed by atoms with E-state index in [4.69, 9.17) is 9.72 Å². The van der Waals surface area contributed by atoms with Crippen LogP contribution in [0, 0.1) is 6.92 Å². The summed E-state index contributed by atoms with van der Waals surface area (Å²) in [4.78, 5) is 16.9. The van der Waals surface area contributed by atoms with Crippen molar-refractivity contribution in [1.82, 2.24) is 15.0 Å². The molecule has 1 saturated heterocycles. The van der Waals surface area contributed by atoms with E-state index in [2.05, 4.69) is 34.8 Å². The second-order valence-corrected chi connectivity index (χ2v) is 6.12. The molecular weight excluding hydrogens is 266 g/mol. The van der Waals surface area contributed by atoms with Crippen LogP contribution in [0.25, 0.3) is 11.0 Å². The predicted molar refractivity (Wildman–Crippen MR) is 85.2 cm³/mol. The Labute approximate surface area is 125 Å². The molecule has 0 bridgehead atoms. The quantitative estimate of drug-likeness (QED) is 0.915. The van der Waals surface area contributed by atoms with Crippen LogP contribution in [-0.4, -0.2) is 54.3 Å². The van der Waals surface area contributed by atoms with Gasteiger partial charge in [0.25, 0.3) is 0 Å². The standard InChI is InChI=1S/C15H23N5O/c1-9-6-12-13(16-9)17-15(19(4)5)18-14(12)20-7-10(2)21-11(3)8-20/h6,10-11H,7-8H2,1-5H3,(H,16,17,18). The van der Waals surface area contributed by atoms with Crippen LogP contribution in [0.5, 0.6) is 0 Å². The molecule has 1 aliphatic rings. The van der Waals surface area contributed by atoms with E-state index in [1.807, 2.05) is 25.9 Å². The molecule has 2 aromatic heterocycles. The lowest BCUT2D eigenvalue weighted by Crippen LogP contribution is -2.46. The Morgan fingerprint density at radius 3 is 2.52 bits per heavy atom. The average Bonchev–Trinajstić information content (AvgIpc) is 2.76. The fourth-order valence-electron chi connectivity index (χ4n) is 2.91. The van der Waals surface area contributed by atoms with Gasteiger partial charge in [0.15, 0.2) is 0 Å². The minimum atomic E-state index is 0.210. The zero-order chi connectivity index (χ0) is 15.1. The molecule has 0 spiro atoms. The summed E-state index contributed by atoms with van der Waals surface area (Å²) in [6.45, 7) is 7.97. The molecule has 3 rings (SSSR count). The molecule has 114 valence electrons. The zero-order valence-corrected chi connectivity index (χ0v) is 13.3. The highest BCUT2D eigenvalue weighted by atomic mass is 16.5. The summed E-state index contributed by atoms with van der Waals surface area (Å²) in [6.07, 6.45) is 0.420. The molecule has 1 aliphatic heterocycles. The number of aromatic amines is 1. The lowest BCUT2D eigenvalue weighted by atomic mass is 10.2. The SMILES string of the molecule is Cc1cc2c(N3CC(C)OC(C)C3)nc(N(C)C)nc2[nH]1. The molecule has 2 unspecified atom stereocenters. The highest BCUT2D eigenvalue weighted by molar-refractivity contribution is 5.89. The van der Waals surface area contributed by atoms with Gasteiger partial charge in [0, 0.05) is 32.9 Å². The van der Waals surface area contributed by atoms with Gasteiger partial charge >= 0.3 is 0 Å². The van der Waals surface area contributed by atoms with E-state index >= 15 is 0 Å². The van der Waals surface area contributed by atoms with Crippen LogP contribution in [0.2, 0.25) is 0 Å². The molecule has 3 heterocycles. The van der Waals surface area contributed by atoms with Crippen molar-refractivity contribution in [2.75, 3.05) is 37.0 Å². The van der Waals surface area contributed by atoms with E-state index in [0.29, 0.717) is 0 Å². The first-order valence-corrected chi connectivity index (χ1v) is 7.39. The first-order valence-electron chi connectivity index (χ1n) is 7.39. The van der Waals surface area contributed by atoms with Gasteiger partial charge in [-0.25, -0.2) is 0 Å². The predicted octanol–water partition coefficient (Wildman–Crippen LogP) is 1.95. The van der Waals surface area contributed by atoms with Gasteiger partial charge in [-0.3, -0.25) is 0 Å². The van der Waals surface area contributed by atoms with E-state index < -0.39 is 0 Å². The second kappa shape index (κ2) is 5.18. The van der Waals surface area contributed by atoms with Gasteiger partial charge in [0.1, 0.15) is 11.5 Å². The van der Waals surface area contributed by atoms with Crippen molar-refractivity contribution in [3.05, 3.63) is 11.8 Å². The highest BCUT2D eigenvalue weighted by Gasteiger charge is 2.25. The number of hydrogen-bond donors (Lipinski definition) is 1. The maximum atomic E-state index is 5.83. The molecule has 21 heavy (non-hydrogen) atoms. The summed E-state index contributed by atoms with van der Waals surface area (Å²) in [5.41, 5.74) is 2.00. The molecule has 2 aromatic rings. The van der Waals surface area contributed by atoms with Crippen molar-refractivity contribution in [3.8, 4) is 0 Å². The van der Waals surface area contributed by atoms with Gasteiger partial charge in [0.2, 0.25) is 5.95 Å². The van der Waals surface area contributed by atoms with Crippen LogP contribution in [0.15, 0.2) is 6.07 Å². The van der Waals surface area contributed by atoms with E-state index in [1.165, 1.54) is 0 Å². The maximum Gasteiger partial charge on any atom is 0.228 e. The Hall–Kier alpha value is -1.82. The molecule has 6 nitrogen and oxygen atoms in total. The number of rotatable bonds is 2. The smallest absolute Gasteiger partial charge is 0.228 e. The molecule has 1 fully saturated rings. The molecule has 6 heteroatoms. The van der Waals surface area contributed by atoms with Crippen molar-refractivity contribution in [2.24, 2.45) is 0 Å². The average molecular weight is 289 g/mol. The minimum absolute atomic E-state index is 0.210. The van der Waals surface area contributed by atoms with Crippen LogP contribution < -0.4 is 9.80 Å². The fourth-order valence-corrected chi connectivity index (χ4v) is 2.91.